The molecule has 1 aromatic heterocycles. The average molecular weight is 363 g/mol. The van der Waals surface area contributed by atoms with Gasteiger partial charge in [0.1, 0.15) is 5.75 Å². The van der Waals surface area contributed by atoms with Gasteiger partial charge in [-0.1, -0.05) is 18.3 Å². The average Bonchev–Trinajstić information content (AvgIpc) is 3.05. The van der Waals surface area contributed by atoms with Crippen LogP contribution in [0.1, 0.15) is 19.8 Å². The van der Waals surface area contributed by atoms with E-state index in [0.717, 1.165) is 60.4 Å². The molecule has 0 bridgehead atoms. The van der Waals surface area contributed by atoms with Gasteiger partial charge in [0.25, 0.3) is 0 Å². The molecule has 1 fully saturated rings. The maximum absolute atomic E-state index is 12.6. The van der Waals surface area contributed by atoms with Gasteiger partial charge in [-0.25, -0.2) is 4.98 Å². The summed E-state index contributed by atoms with van der Waals surface area (Å²) < 4.78 is 11.7. The molecule has 0 atom stereocenters. The summed E-state index contributed by atoms with van der Waals surface area (Å²) in [6, 6.07) is 5.82. The van der Waals surface area contributed by atoms with Crippen molar-refractivity contribution in [1.82, 2.24) is 9.88 Å². The third kappa shape index (κ3) is 4.48. The van der Waals surface area contributed by atoms with Crippen molar-refractivity contribution in [1.29, 1.82) is 0 Å². The molecule has 1 saturated heterocycles. The van der Waals surface area contributed by atoms with Crippen LogP contribution in [-0.4, -0.2) is 62.3 Å². The molecule has 6 nitrogen and oxygen atoms in total. The Kier molecular flexibility index (Phi) is 6.23. The number of hydrogen-bond donors (Lipinski definition) is 0. The van der Waals surface area contributed by atoms with Gasteiger partial charge in [-0.2, -0.15) is 0 Å². The predicted molar refractivity (Wildman–Crippen MR) is 101 cm³/mol. The number of fused-ring (bicyclic) bond motifs is 1. The molecule has 0 radical (unpaired) electrons. The van der Waals surface area contributed by atoms with Crippen molar-refractivity contribution in [3.8, 4) is 5.75 Å². The van der Waals surface area contributed by atoms with Crippen LogP contribution in [-0.2, 0) is 9.53 Å². The van der Waals surface area contributed by atoms with Gasteiger partial charge < -0.3 is 9.47 Å². The van der Waals surface area contributed by atoms with Crippen LogP contribution in [0.5, 0.6) is 5.75 Å². The molecule has 0 spiro atoms. The zero-order valence-electron chi connectivity index (χ0n) is 14.9. The normalized spacial score (nSPS) is 15.4. The Balaban J connectivity index is 1.78. The summed E-state index contributed by atoms with van der Waals surface area (Å²) in [5.74, 6) is 0.948. The Bertz CT molecular complexity index is 713. The minimum Gasteiger partial charge on any atom is -0.497 e. The number of hydrogen-bond acceptors (Lipinski definition) is 6. The standard InChI is InChI=1S/C18H25N3O3S/c1-3-4-17(22)21(8-7-20-9-11-24-12-10-20)18-19-15-6-5-14(23-2)13-16(15)25-18/h5-6,13H,3-4,7-12H2,1-2H3. The molecule has 0 N–H and O–H groups in total. The molecule has 0 unspecified atom stereocenters. The van der Waals surface area contributed by atoms with Crippen molar-refractivity contribution in [2.75, 3.05) is 51.4 Å². The molecule has 25 heavy (non-hydrogen) atoms. The van der Waals surface area contributed by atoms with Crippen LogP contribution in [0.15, 0.2) is 18.2 Å². The number of ether oxygens (including phenoxy) is 2. The van der Waals surface area contributed by atoms with Crippen molar-refractivity contribution in [3.63, 3.8) is 0 Å². The van der Waals surface area contributed by atoms with E-state index in [2.05, 4.69) is 9.88 Å². The van der Waals surface area contributed by atoms with Crippen molar-refractivity contribution >= 4 is 32.6 Å². The van der Waals surface area contributed by atoms with E-state index in [4.69, 9.17) is 9.47 Å². The van der Waals surface area contributed by atoms with E-state index in [-0.39, 0.29) is 5.91 Å². The first-order valence-electron chi connectivity index (χ1n) is 8.76. The lowest BCUT2D eigenvalue weighted by molar-refractivity contribution is -0.118. The van der Waals surface area contributed by atoms with Crippen molar-refractivity contribution in [3.05, 3.63) is 18.2 Å². The number of benzene rings is 1. The minimum atomic E-state index is 0.141. The van der Waals surface area contributed by atoms with Gasteiger partial charge in [-0.3, -0.25) is 14.6 Å². The number of rotatable bonds is 7. The van der Waals surface area contributed by atoms with E-state index in [1.54, 1.807) is 18.4 Å². The van der Waals surface area contributed by atoms with E-state index in [0.29, 0.717) is 13.0 Å². The SMILES string of the molecule is CCCC(=O)N(CCN1CCOCC1)c1nc2ccc(OC)cc2s1. The molecule has 136 valence electrons. The topological polar surface area (TPSA) is 54.9 Å². The molecule has 0 aliphatic carbocycles. The fraction of sp³-hybridized carbons (Fsp3) is 0.556. The number of amides is 1. The van der Waals surface area contributed by atoms with Gasteiger partial charge in [-0.05, 0) is 24.6 Å². The molecule has 1 aliphatic heterocycles. The Hall–Kier alpha value is -1.70. The van der Waals surface area contributed by atoms with Crippen LogP contribution < -0.4 is 9.64 Å². The smallest absolute Gasteiger partial charge is 0.228 e. The molecular weight excluding hydrogens is 338 g/mol. The second-order valence-corrected chi connectivity index (χ2v) is 7.09. The van der Waals surface area contributed by atoms with E-state index < -0.39 is 0 Å². The number of methoxy groups -OCH3 is 1. The molecular formula is C18H25N3O3S. The lowest BCUT2D eigenvalue weighted by atomic mass is 10.3. The lowest BCUT2D eigenvalue weighted by Gasteiger charge is -2.29. The molecule has 2 aromatic rings. The van der Waals surface area contributed by atoms with Gasteiger partial charge in [0.2, 0.25) is 5.91 Å². The van der Waals surface area contributed by atoms with Gasteiger partial charge in [0, 0.05) is 32.6 Å². The Morgan fingerprint density at radius 2 is 2.20 bits per heavy atom. The monoisotopic (exact) mass is 363 g/mol. The van der Waals surface area contributed by atoms with Crippen molar-refractivity contribution in [2.24, 2.45) is 0 Å². The molecule has 1 amide bonds. The van der Waals surface area contributed by atoms with Crippen LogP contribution in [0.3, 0.4) is 0 Å². The zero-order valence-corrected chi connectivity index (χ0v) is 15.7. The highest BCUT2D eigenvalue weighted by Gasteiger charge is 2.21. The van der Waals surface area contributed by atoms with Gasteiger partial charge in [-0.15, -0.1) is 0 Å². The summed E-state index contributed by atoms with van der Waals surface area (Å²) >= 11 is 1.55. The highest BCUT2D eigenvalue weighted by molar-refractivity contribution is 7.22. The Labute approximate surface area is 152 Å². The predicted octanol–water partition coefficient (Wildman–Crippen LogP) is 2.77. The van der Waals surface area contributed by atoms with E-state index in [1.807, 2.05) is 30.0 Å². The van der Waals surface area contributed by atoms with Gasteiger partial charge >= 0.3 is 0 Å². The molecule has 3 rings (SSSR count). The van der Waals surface area contributed by atoms with Crippen molar-refractivity contribution in [2.45, 2.75) is 19.8 Å². The molecule has 2 heterocycles. The lowest BCUT2D eigenvalue weighted by Crippen LogP contribution is -2.43. The van der Waals surface area contributed by atoms with Crippen LogP contribution in [0.4, 0.5) is 5.13 Å². The first-order valence-corrected chi connectivity index (χ1v) is 9.58. The third-order valence-corrected chi connectivity index (χ3v) is 5.36. The molecule has 7 heteroatoms. The van der Waals surface area contributed by atoms with Crippen LogP contribution >= 0.6 is 11.3 Å². The highest BCUT2D eigenvalue weighted by atomic mass is 32.1. The van der Waals surface area contributed by atoms with E-state index >= 15 is 0 Å². The summed E-state index contributed by atoms with van der Waals surface area (Å²) in [4.78, 5) is 21.5. The van der Waals surface area contributed by atoms with Crippen LogP contribution in [0, 0.1) is 0 Å². The number of carbonyl (C=O) groups is 1. The fourth-order valence-corrected chi connectivity index (χ4v) is 3.91. The summed E-state index contributed by atoms with van der Waals surface area (Å²) in [7, 11) is 1.66. The number of carbonyl (C=O) groups excluding carboxylic acids is 1. The molecule has 1 aliphatic rings. The quantitative estimate of drug-likeness (QED) is 0.757. The number of aromatic nitrogens is 1. The Morgan fingerprint density at radius 1 is 1.40 bits per heavy atom. The number of nitrogens with zero attached hydrogens (tertiary/aromatic N) is 3. The first kappa shape index (κ1) is 18.1. The minimum absolute atomic E-state index is 0.141. The first-order chi connectivity index (χ1) is 12.2. The molecule has 1 aromatic carbocycles. The Morgan fingerprint density at radius 3 is 2.92 bits per heavy atom. The maximum Gasteiger partial charge on any atom is 0.228 e. The van der Waals surface area contributed by atoms with Crippen LogP contribution in [0.25, 0.3) is 10.2 Å². The summed E-state index contributed by atoms with van der Waals surface area (Å²) in [5, 5.41) is 0.773. The fourth-order valence-electron chi connectivity index (χ4n) is 2.88. The molecule has 0 saturated carbocycles. The number of morpholine rings is 1. The largest absolute Gasteiger partial charge is 0.497 e. The van der Waals surface area contributed by atoms with Crippen molar-refractivity contribution < 1.29 is 14.3 Å². The highest BCUT2D eigenvalue weighted by Crippen LogP contribution is 2.31. The third-order valence-electron chi connectivity index (χ3n) is 4.32. The summed E-state index contributed by atoms with van der Waals surface area (Å²) in [5.41, 5.74) is 0.904. The van der Waals surface area contributed by atoms with Gasteiger partial charge in [0.05, 0.1) is 30.5 Å². The second-order valence-electron chi connectivity index (χ2n) is 6.08. The van der Waals surface area contributed by atoms with Gasteiger partial charge in [0.15, 0.2) is 5.13 Å². The maximum atomic E-state index is 12.6. The number of anilines is 1. The zero-order chi connectivity index (χ0) is 17.6. The van der Waals surface area contributed by atoms with E-state index in [9.17, 15) is 4.79 Å². The van der Waals surface area contributed by atoms with Crippen LogP contribution in [0.2, 0.25) is 0 Å². The second kappa shape index (κ2) is 8.60. The summed E-state index contributed by atoms with van der Waals surface area (Å²) in [6.07, 6.45) is 1.38. The van der Waals surface area contributed by atoms with E-state index in [1.165, 1.54) is 0 Å². The summed E-state index contributed by atoms with van der Waals surface area (Å²) in [6.45, 7) is 6.92. The number of thiazole rings is 1.